The number of hydrogen-bond acceptors (Lipinski definition) is 1. The van der Waals surface area contributed by atoms with Gasteiger partial charge in [-0.3, -0.25) is 4.79 Å². The standard InChI is InChI=1S/C15H12N2O/c18-15(3-1-13-5-9-16-10-6-13)4-2-14-7-11-17-12-8-14/h1-12H/p+2/b3-1+,4-2+. The number of aromatic nitrogens is 2. The molecule has 0 fully saturated rings. The van der Waals surface area contributed by atoms with Crippen molar-refractivity contribution >= 4 is 17.9 Å². The number of hydrogen-bond donors (Lipinski definition) is 0. The number of H-pyrrole nitrogens is 2. The molecule has 0 saturated heterocycles. The maximum absolute atomic E-state index is 11.6. The smallest absolute Gasteiger partial charge is 0.178 e. The molecule has 0 aromatic carbocycles. The minimum Gasteiger partial charge on any atom is -0.290 e. The third-order valence-corrected chi connectivity index (χ3v) is 2.37. The molecule has 18 heavy (non-hydrogen) atoms. The molecular formula is C15H14N2O+2. The van der Waals surface area contributed by atoms with Gasteiger partial charge in [0.2, 0.25) is 0 Å². The van der Waals surface area contributed by atoms with Gasteiger partial charge in [0.05, 0.1) is 0 Å². The van der Waals surface area contributed by atoms with Gasteiger partial charge in [0.15, 0.2) is 30.6 Å². The second-order valence-electron chi connectivity index (χ2n) is 3.74. The molecule has 2 aromatic heterocycles. The Kier molecular flexibility index (Phi) is 4.14. The second kappa shape index (κ2) is 6.25. The van der Waals surface area contributed by atoms with E-state index in [9.17, 15) is 4.79 Å². The fourth-order valence-electron chi connectivity index (χ4n) is 1.43. The molecule has 2 heterocycles. The normalized spacial score (nSPS) is 11.1. The molecule has 0 unspecified atom stereocenters. The Labute approximate surface area is 106 Å². The molecule has 2 rings (SSSR count). The molecule has 0 amide bonds. The lowest BCUT2D eigenvalue weighted by molar-refractivity contribution is -0.378. The maximum atomic E-state index is 11.6. The summed E-state index contributed by atoms with van der Waals surface area (Å²) in [7, 11) is 0. The van der Waals surface area contributed by atoms with Crippen LogP contribution in [0.2, 0.25) is 0 Å². The minimum atomic E-state index is -0.0318. The van der Waals surface area contributed by atoms with Crippen LogP contribution in [0, 0.1) is 0 Å². The first kappa shape index (κ1) is 11.9. The van der Waals surface area contributed by atoms with Crippen LogP contribution in [-0.2, 0) is 4.79 Å². The summed E-state index contributed by atoms with van der Waals surface area (Å²) < 4.78 is 0. The van der Waals surface area contributed by atoms with Crippen molar-refractivity contribution in [2.24, 2.45) is 0 Å². The fraction of sp³-hybridized carbons (Fsp3) is 0. The van der Waals surface area contributed by atoms with Crippen LogP contribution in [0.5, 0.6) is 0 Å². The first-order chi connectivity index (χ1) is 8.84. The van der Waals surface area contributed by atoms with Crippen LogP contribution < -0.4 is 9.97 Å². The molecular weight excluding hydrogens is 224 g/mol. The first-order valence-corrected chi connectivity index (χ1v) is 5.67. The van der Waals surface area contributed by atoms with Crippen molar-refractivity contribution in [2.45, 2.75) is 0 Å². The van der Waals surface area contributed by atoms with Crippen molar-refractivity contribution in [3.63, 3.8) is 0 Å². The lowest BCUT2D eigenvalue weighted by atomic mass is 10.2. The number of ketones is 1. The van der Waals surface area contributed by atoms with Crippen LogP contribution in [0.3, 0.4) is 0 Å². The van der Waals surface area contributed by atoms with E-state index in [0.29, 0.717) is 0 Å². The molecule has 0 bridgehead atoms. The molecule has 0 aliphatic carbocycles. The molecule has 0 atom stereocenters. The number of carbonyl (C=O) groups excluding carboxylic acids is 1. The van der Waals surface area contributed by atoms with E-state index in [1.807, 2.05) is 49.1 Å². The van der Waals surface area contributed by atoms with Gasteiger partial charge in [0.25, 0.3) is 0 Å². The Bertz CT molecular complexity index is 508. The molecule has 0 aliphatic heterocycles. The molecule has 0 aliphatic rings. The van der Waals surface area contributed by atoms with Crippen LogP contribution in [-0.4, -0.2) is 5.78 Å². The van der Waals surface area contributed by atoms with E-state index in [4.69, 9.17) is 0 Å². The van der Waals surface area contributed by atoms with E-state index < -0.39 is 0 Å². The molecule has 88 valence electrons. The molecule has 0 saturated carbocycles. The number of rotatable bonds is 4. The van der Waals surface area contributed by atoms with Crippen LogP contribution in [0.4, 0.5) is 0 Å². The number of allylic oxidation sites excluding steroid dienone is 2. The van der Waals surface area contributed by atoms with Gasteiger partial charge in [0, 0.05) is 24.3 Å². The summed E-state index contributed by atoms with van der Waals surface area (Å²) in [5.41, 5.74) is 1.98. The summed E-state index contributed by atoms with van der Waals surface area (Å²) >= 11 is 0. The van der Waals surface area contributed by atoms with Crippen molar-refractivity contribution < 1.29 is 14.8 Å². The van der Waals surface area contributed by atoms with Crippen LogP contribution in [0.15, 0.2) is 61.2 Å². The zero-order chi connectivity index (χ0) is 12.6. The van der Waals surface area contributed by atoms with Crippen molar-refractivity contribution in [3.05, 3.63) is 72.3 Å². The van der Waals surface area contributed by atoms with Gasteiger partial charge < -0.3 is 0 Å². The molecule has 0 radical (unpaired) electrons. The largest absolute Gasteiger partial charge is 0.290 e. The van der Waals surface area contributed by atoms with Gasteiger partial charge in [-0.25, -0.2) is 9.97 Å². The van der Waals surface area contributed by atoms with Gasteiger partial charge in [-0.2, -0.15) is 0 Å². The van der Waals surface area contributed by atoms with Crippen LogP contribution in [0.25, 0.3) is 12.2 Å². The Morgan fingerprint density at radius 3 is 1.56 bits per heavy atom. The van der Waals surface area contributed by atoms with E-state index in [1.165, 1.54) is 0 Å². The van der Waals surface area contributed by atoms with Crippen molar-refractivity contribution in [3.8, 4) is 0 Å². The van der Waals surface area contributed by atoms with Crippen molar-refractivity contribution in [1.29, 1.82) is 0 Å². The SMILES string of the molecule is O=C(/C=C/c1cc[nH+]cc1)/C=C/c1cc[nH+]cc1. The lowest BCUT2D eigenvalue weighted by Crippen LogP contribution is -1.97. The highest BCUT2D eigenvalue weighted by Gasteiger charge is 1.92. The van der Waals surface area contributed by atoms with Crippen molar-refractivity contribution in [1.82, 2.24) is 0 Å². The van der Waals surface area contributed by atoms with Gasteiger partial charge in [-0.05, 0) is 23.3 Å². The first-order valence-electron chi connectivity index (χ1n) is 5.67. The fourth-order valence-corrected chi connectivity index (χ4v) is 1.43. The summed E-state index contributed by atoms with van der Waals surface area (Å²) in [5, 5.41) is 0. The highest BCUT2D eigenvalue weighted by Crippen LogP contribution is 2.00. The van der Waals surface area contributed by atoms with E-state index in [1.54, 1.807) is 24.3 Å². The summed E-state index contributed by atoms with van der Waals surface area (Å²) in [6.45, 7) is 0. The summed E-state index contributed by atoms with van der Waals surface area (Å²) in [4.78, 5) is 17.5. The summed E-state index contributed by atoms with van der Waals surface area (Å²) in [6, 6.07) is 7.61. The van der Waals surface area contributed by atoms with Gasteiger partial charge in [-0.1, -0.05) is 12.2 Å². The Balaban J connectivity index is 1.97. The Hall–Kier alpha value is -2.55. The topological polar surface area (TPSA) is 45.4 Å². The molecule has 2 N–H and O–H groups in total. The lowest BCUT2D eigenvalue weighted by Gasteiger charge is -1.88. The third kappa shape index (κ3) is 3.79. The van der Waals surface area contributed by atoms with E-state index in [2.05, 4.69) is 9.97 Å². The van der Waals surface area contributed by atoms with E-state index >= 15 is 0 Å². The van der Waals surface area contributed by atoms with Crippen molar-refractivity contribution in [2.75, 3.05) is 0 Å². The van der Waals surface area contributed by atoms with Gasteiger partial charge in [-0.15, -0.1) is 0 Å². The second-order valence-corrected chi connectivity index (χ2v) is 3.74. The van der Waals surface area contributed by atoms with E-state index in [-0.39, 0.29) is 5.78 Å². The number of pyridine rings is 2. The van der Waals surface area contributed by atoms with Crippen LogP contribution in [0.1, 0.15) is 11.1 Å². The quantitative estimate of drug-likeness (QED) is 0.746. The highest BCUT2D eigenvalue weighted by atomic mass is 16.1. The molecule has 3 heteroatoms. The monoisotopic (exact) mass is 238 g/mol. The molecule has 3 nitrogen and oxygen atoms in total. The summed E-state index contributed by atoms with van der Waals surface area (Å²) in [6.07, 6.45) is 14.0. The predicted molar refractivity (Wildman–Crippen MR) is 69.1 cm³/mol. The molecule has 2 aromatic rings. The third-order valence-electron chi connectivity index (χ3n) is 2.37. The number of carbonyl (C=O) groups is 1. The Morgan fingerprint density at radius 1 is 0.778 bits per heavy atom. The number of aromatic amines is 2. The average Bonchev–Trinajstić information content (AvgIpc) is 2.45. The minimum absolute atomic E-state index is 0.0318. The van der Waals surface area contributed by atoms with E-state index in [0.717, 1.165) is 11.1 Å². The van der Waals surface area contributed by atoms with Crippen LogP contribution >= 0.6 is 0 Å². The number of nitrogens with one attached hydrogen (secondary N) is 2. The summed E-state index contributed by atoms with van der Waals surface area (Å²) in [5.74, 6) is -0.0318. The maximum Gasteiger partial charge on any atom is 0.178 e. The Morgan fingerprint density at radius 2 is 1.17 bits per heavy atom. The average molecular weight is 238 g/mol. The predicted octanol–water partition coefficient (Wildman–Crippen LogP) is 1.61. The highest BCUT2D eigenvalue weighted by molar-refractivity contribution is 6.04. The molecule has 0 spiro atoms. The zero-order valence-electron chi connectivity index (χ0n) is 9.84. The zero-order valence-corrected chi connectivity index (χ0v) is 9.84. The van der Waals surface area contributed by atoms with Gasteiger partial charge >= 0.3 is 0 Å². The van der Waals surface area contributed by atoms with Gasteiger partial charge in [0.1, 0.15) is 0 Å².